The van der Waals surface area contributed by atoms with E-state index in [1.807, 2.05) is 18.2 Å². The minimum atomic E-state index is 0.444. The van der Waals surface area contributed by atoms with Gasteiger partial charge >= 0.3 is 0 Å². The average molecular weight is 192 g/mol. The highest BCUT2D eigenvalue weighted by atomic mass is 16.4. The van der Waals surface area contributed by atoms with Crippen LogP contribution in [0.4, 0.5) is 5.88 Å². The minimum Gasteiger partial charge on any atom is -0.468 e. The lowest BCUT2D eigenvalue weighted by molar-refractivity contribution is 0.457. The van der Waals surface area contributed by atoms with Crippen LogP contribution in [0.15, 0.2) is 39.4 Å². The van der Waals surface area contributed by atoms with Gasteiger partial charge in [0.15, 0.2) is 5.88 Å². The maximum absolute atomic E-state index is 5.43. The monoisotopic (exact) mass is 192 g/mol. The molecule has 2 heterocycles. The summed E-state index contributed by atoms with van der Waals surface area (Å²) >= 11 is 0. The van der Waals surface area contributed by atoms with Crippen molar-refractivity contribution in [1.29, 1.82) is 0 Å². The van der Waals surface area contributed by atoms with Gasteiger partial charge in [0.25, 0.3) is 0 Å². The van der Waals surface area contributed by atoms with E-state index in [1.54, 1.807) is 12.3 Å². The molecule has 0 fully saturated rings. The fraction of sp³-hybridized carbons (Fsp3) is 0.200. The molecule has 0 aliphatic heterocycles. The third-order valence-electron chi connectivity index (χ3n) is 1.86. The van der Waals surface area contributed by atoms with Gasteiger partial charge in [-0.15, -0.1) is 0 Å². The normalized spacial score (nSPS) is 10.6. The molecule has 14 heavy (non-hydrogen) atoms. The minimum absolute atomic E-state index is 0.444. The van der Waals surface area contributed by atoms with Gasteiger partial charge in [0.2, 0.25) is 0 Å². The van der Waals surface area contributed by atoms with Crippen molar-refractivity contribution in [2.75, 3.05) is 5.73 Å². The van der Waals surface area contributed by atoms with Gasteiger partial charge in [0.05, 0.1) is 19.4 Å². The first-order valence-electron chi connectivity index (χ1n) is 4.42. The highest BCUT2D eigenvalue weighted by Gasteiger charge is 1.99. The summed E-state index contributed by atoms with van der Waals surface area (Å²) in [5.74, 6) is 2.18. The lowest BCUT2D eigenvalue weighted by Crippen LogP contribution is -2.11. The van der Waals surface area contributed by atoms with Crippen molar-refractivity contribution in [3.63, 3.8) is 0 Å². The van der Waals surface area contributed by atoms with Crippen LogP contribution < -0.4 is 11.1 Å². The zero-order valence-electron chi connectivity index (χ0n) is 7.69. The van der Waals surface area contributed by atoms with Gasteiger partial charge in [0.1, 0.15) is 11.5 Å². The SMILES string of the molecule is Nc1ccc(CNCc2ccco2)o1. The van der Waals surface area contributed by atoms with Gasteiger partial charge in [-0.05, 0) is 18.2 Å². The topological polar surface area (TPSA) is 64.3 Å². The van der Waals surface area contributed by atoms with E-state index < -0.39 is 0 Å². The second kappa shape index (κ2) is 4.02. The van der Waals surface area contributed by atoms with Crippen LogP contribution in [0.3, 0.4) is 0 Å². The molecule has 2 aromatic rings. The van der Waals surface area contributed by atoms with Gasteiger partial charge in [-0.25, -0.2) is 0 Å². The molecule has 0 aliphatic rings. The van der Waals surface area contributed by atoms with E-state index in [-0.39, 0.29) is 0 Å². The first-order valence-corrected chi connectivity index (χ1v) is 4.42. The second-order valence-electron chi connectivity index (χ2n) is 2.99. The molecule has 4 heteroatoms. The average Bonchev–Trinajstić information content (AvgIpc) is 2.77. The molecule has 0 bridgehead atoms. The molecule has 0 atom stereocenters. The third kappa shape index (κ3) is 2.17. The lowest BCUT2D eigenvalue weighted by Gasteiger charge is -1.98. The van der Waals surface area contributed by atoms with E-state index in [0.29, 0.717) is 19.0 Å². The molecule has 0 aliphatic carbocycles. The largest absolute Gasteiger partial charge is 0.468 e. The van der Waals surface area contributed by atoms with E-state index in [1.165, 1.54) is 0 Å². The number of nitrogen functional groups attached to an aromatic ring is 1. The zero-order chi connectivity index (χ0) is 9.80. The summed E-state index contributed by atoms with van der Waals surface area (Å²) in [4.78, 5) is 0. The zero-order valence-corrected chi connectivity index (χ0v) is 7.69. The van der Waals surface area contributed by atoms with Crippen molar-refractivity contribution in [2.45, 2.75) is 13.1 Å². The lowest BCUT2D eigenvalue weighted by atomic mass is 10.4. The van der Waals surface area contributed by atoms with Crippen LogP contribution in [-0.2, 0) is 13.1 Å². The molecule has 74 valence electrons. The third-order valence-corrected chi connectivity index (χ3v) is 1.86. The Hall–Kier alpha value is -1.68. The molecule has 0 spiro atoms. The summed E-state index contributed by atoms with van der Waals surface area (Å²) in [6.07, 6.45) is 1.65. The molecule has 0 aromatic carbocycles. The van der Waals surface area contributed by atoms with Crippen LogP contribution >= 0.6 is 0 Å². The maximum Gasteiger partial charge on any atom is 0.190 e. The van der Waals surface area contributed by atoms with Crippen LogP contribution in [0, 0.1) is 0 Å². The fourth-order valence-corrected chi connectivity index (χ4v) is 1.21. The summed E-state index contributed by atoms with van der Waals surface area (Å²) in [5, 5.41) is 3.17. The van der Waals surface area contributed by atoms with Crippen molar-refractivity contribution in [3.05, 3.63) is 42.0 Å². The molecule has 0 unspecified atom stereocenters. The predicted molar refractivity (Wildman–Crippen MR) is 52.4 cm³/mol. The molecule has 0 saturated carbocycles. The highest BCUT2D eigenvalue weighted by molar-refractivity contribution is 5.25. The van der Waals surface area contributed by atoms with Crippen LogP contribution in [0.1, 0.15) is 11.5 Å². The number of nitrogens with one attached hydrogen (secondary N) is 1. The Morgan fingerprint density at radius 3 is 2.64 bits per heavy atom. The molecule has 2 aromatic heterocycles. The van der Waals surface area contributed by atoms with Gasteiger partial charge in [-0.1, -0.05) is 0 Å². The fourth-order valence-electron chi connectivity index (χ4n) is 1.21. The Morgan fingerprint density at radius 1 is 1.14 bits per heavy atom. The highest BCUT2D eigenvalue weighted by Crippen LogP contribution is 2.08. The van der Waals surface area contributed by atoms with Crippen molar-refractivity contribution in [1.82, 2.24) is 5.32 Å². The molecule has 0 amide bonds. The number of hydrogen-bond acceptors (Lipinski definition) is 4. The number of hydrogen-bond donors (Lipinski definition) is 2. The standard InChI is InChI=1S/C10H12N2O2/c11-10-4-3-9(14-10)7-12-6-8-2-1-5-13-8/h1-5,12H,6-7,11H2. The molecule has 0 saturated heterocycles. The Kier molecular flexibility index (Phi) is 2.55. The summed E-state index contributed by atoms with van der Waals surface area (Å²) in [5.41, 5.74) is 5.43. The van der Waals surface area contributed by atoms with Gasteiger partial charge in [-0.3, -0.25) is 0 Å². The molecule has 3 N–H and O–H groups in total. The van der Waals surface area contributed by atoms with Crippen molar-refractivity contribution >= 4 is 5.88 Å². The quantitative estimate of drug-likeness (QED) is 0.774. The Bertz CT molecular complexity index is 378. The summed E-state index contributed by atoms with van der Waals surface area (Å²) < 4.78 is 10.3. The van der Waals surface area contributed by atoms with Gasteiger partial charge < -0.3 is 19.9 Å². The number of anilines is 1. The van der Waals surface area contributed by atoms with Gasteiger partial charge in [0, 0.05) is 6.07 Å². The van der Waals surface area contributed by atoms with Crippen molar-refractivity contribution in [3.8, 4) is 0 Å². The maximum atomic E-state index is 5.43. The van der Waals surface area contributed by atoms with Crippen LogP contribution in [0.2, 0.25) is 0 Å². The second-order valence-corrected chi connectivity index (χ2v) is 2.99. The first kappa shape index (κ1) is 8.90. The van der Waals surface area contributed by atoms with E-state index >= 15 is 0 Å². The van der Waals surface area contributed by atoms with E-state index in [4.69, 9.17) is 14.6 Å². The van der Waals surface area contributed by atoms with Crippen LogP contribution in [0.25, 0.3) is 0 Å². The van der Waals surface area contributed by atoms with Crippen molar-refractivity contribution < 1.29 is 8.83 Å². The Balaban J connectivity index is 1.78. The van der Waals surface area contributed by atoms with E-state index in [9.17, 15) is 0 Å². The summed E-state index contributed by atoms with van der Waals surface area (Å²) in [6.45, 7) is 1.34. The van der Waals surface area contributed by atoms with Crippen molar-refractivity contribution in [2.24, 2.45) is 0 Å². The summed E-state index contributed by atoms with van der Waals surface area (Å²) in [7, 11) is 0. The Labute approximate surface area is 81.7 Å². The Morgan fingerprint density at radius 2 is 2.00 bits per heavy atom. The predicted octanol–water partition coefficient (Wildman–Crippen LogP) is 1.74. The summed E-state index contributed by atoms with van der Waals surface area (Å²) in [6, 6.07) is 7.37. The molecular weight excluding hydrogens is 180 g/mol. The van der Waals surface area contributed by atoms with E-state index in [2.05, 4.69) is 5.32 Å². The molecule has 0 radical (unpaired) electrons. The molecule has 4 nitrogen and oxygen atoms in total. The number of rotatable bonds is 4. The van der Waals surface area contributed by atoms with Crippen LogP contribution in [0.5, 0.6) is 0 Å². The van der Waals surface area contributed by atoms with E-state index in [0.717, 1.165) is 11.5 Å². The molecular formula is C10H12N2O2. The molecule has 2 rings (SSSR count). The number of furan rings is 2. The smallest absolute Gasteiger partial charge is 0.190 e. The van der Waals surface area contributed by atoms with Crippen LogP contribution in [-0.4, -0.2) is 0 Å². The first-order chi connectivity index (χ1) is 6.84. The van der Waals surface area contributed by atoms with Gasteiger partial charge in [-0.2, -0.15) is 0 Å². The number of nitrogens with two attached hydrogens (primary N) is 1.